The second-order valence-electron chi connectivity index (χ2n) is 6.26. The van der Waals surface area contributed by atoms with Gasteiger partial charge in [-0.1, -0.05) is 37.1 Å². The quantitative estimate of drug-likeness (QED) is 0.668. The number of likely N-dealkylation sites (tertiary alicyclic amines) is 1. The van der Waals surface area contributed by atoms with Crippen molar-refractivity contribution in [3.8, 4) is 0 Å². The SMILES string of the molecule is CCC[C@H]1CN(Cc2cccc(Cl)c2)C[C@@H]1NC(=O)CNC(N)=O.Cl. The molecule has 1 aromatic rings. The Labute approximate surface area is 159 Å². The maximum atomic E-state index is 11.9. The van der Waals surface area contributed by atoms with E-state index < -0.39 is 6.03 Å². The molecule has 25 heavy (non-hydrogen) atoms. The Hall–Kier alpha value is -1.50. The first-order valence-electron chi connectivity index (χ1n) is 8.27. The molecule has 2 rings (SSSR count). The highest BCUT2D eigenvalue weighted by Crippen LogP contribution is 2.24. The van der Waals surface area contributed by atoms with Gasteiger partial charge in [0.2, 0.25) is 5.91 Å². The number of nitrogens with zero attached hydrogens (tertiary/aromatic N) is 1. The highest BCUT2D eigenvalue weighted by Gasteiger charge is 2.32. The number of carbonyl (C=O) groups excluding carboxylic acids is 2. The summed E-state index contributed by atoms with van der Waals surface area (Å²) in [7, 11) is 0. The molecule has 0 spiro atoms. The Morgan fingerprint density at radius 3 is 2.76 bits per heavy atom. The zero-order chi connectivity index (χ0) is 17.5. The first kappa shape index (κ1) is 21.5. The van der Waals surface area contributed by atoms with E-state index in [1.54, 1.807) is 0 Å². The topological polar surface area (TPSA) is 87.5 Å². The van der Waals surface area contributed by atoms with Crippen LogP contribution in [-0.2, 0) is 11.3 Å². The summed E-state index contributed by atoms with van der Waals surface area (Å²) < 4.78 is 0. The number of urea groups is 1. The van der Waals surface area contributed by atoms with E-state index in [-0.39, 0.29) is 30.9 Å². The van der Waals surface area contributed by atoms with Crippen LogP contribution in [-0.4, -0.2) is 42.5 Å². The van der Waals surface area contributed by atoms with E-state index in [1.165, 1.54) is 5.56 Å². The van der Waals surface area contributed by atoms with Crippen LogP contribution in [0.1, 0.15) is 25.3 Å². The summed E-state index contributed by atoms with van der Waals surface area (Å²) in [5.41, 5.74) is 6.16. The third kappa shape index (κ3) is 7.10. The maximum absolute atomic E-state index is 11.9. The van der Waals surface area contributed by atoms with Crippen LogP contribution in [0.2, 0.25) is 5.02 Å². The molecule has 0 aromatic heterocycles. The number of nitrogens with one attached hydrogen (secondary N) is 2. The van der Waals surface area contributed by atoms with E-state index in [0.29, 0.717) is 5.92 Å². The standard InChI is InChI=1S/C17H25ClN4O2.ClH/c1-2-4-13-10-22(9-12-5-3-6-14(18)7-12)11-15(13)21-16(23)8-20-17(19)24;/h3,5-7,13,15H,2,4,8-11H2,1H3,(H,21,23)(H3,19,20,24);1H/t13-,15-;/m0./s1. The number of carbonyl (C=O) groups is 2. The molecule has 1 aliphatic rings. The number of rotatable bonds is 7. The third-order valence-electron chi connectivity index (χ3n) is 4.24. The molecular formula is C17H26Cl2N4O2. The molecule has 1 saturated heterocycles. The van der Waals surface area contributed by atoms with Gasteiger partial charge in [-0.2, -0.15) is 0 Å². The predicted octanol–water partition coefficient (Wildman–Crippen LogP) is 2.15. The molecule has 0 unspecified atom stereocenters. The summed E-state index contributed by atoms with van der Waals surface area (Å²) in [5.74, 6) is 0.205. The summed E-state index contributed by atoms with van der Waals surface area (Å²) in [6.45, 7) is 4.60. The molecule has 6 nitrogen and oxygen atoms in total. The van der Waals surface area contributed by atoms with Gasteiger partial charge in [0, 0.05) is 30.7 Å². The summed E-state index contributed by atoms with van der Waals surface area (Å²) in [5, 5.41) is 6.08. The van der Waals surface area contributed by atoms with Gasteiger partial charge in [-0.15, -0.1) is 12.4 Å². The molecule has 140 valence electrons. The lowest BCUT2D eigenvalue weighted by Crippen LogP contribution is -2.46. The fourth-order valence-electron chi connectivity index (χ4n) is 3.24. The third-order valence-corrected chi connectivity index (χ3v) is 4.48. The number of nitrogens with two attached hydrogens (primary N) is 1. The molecule has 1 aromatic carbocycles. The van der Waals surface area contributed by atoms with Crippen LogP contribution in [0.4, 0.5) is 4.79 Å². The Balaban J connectivity index is 0.00000312. The predicted molar refractivity (Wildman–Crippen MR) is 102 cm³/mol. The lowest BCUT2D eigenvalue weighted by Gasteiger charge is -2.19. The normalized spacial score (nSPS) is 19.9. The second-order valence-corrected chi connectivity index (χ2v) is 6.70. The van der Waals surface area contributed by atoms with Crippen molar-refractivity contribution in [2.75, 3.05) is 19.6 Å². The van der Waals surface area contributed by atoms with Crippen molar-refractivity contribution in [1.82, 2.24) is 15.5 Å². The smallest absolute Gasteiger partial charge is 0.312 e. The van der Waals surface area contributed by atoms with Crippen LogP contribution in [0.3, 0.4) is 0 Å². The first-order chi connectivity index (χ1) is 11.5. The summed E-state index contributed by atoms with van der Waals surface area (Å²) in [4.78, 5) is 25.0. The molecule has 0 aliphatic carbocycles. The molecule has 2 atom stereocenters. The van der Waals surface area contributed by atoms with Crippen molar-refractivity contribution in [2.24, 2.45) is 11.7 Å². The molecule has 4 N–H and O–H groups in total. The van der Waals surface area contributed by atoms with Gasteiger partial charge in [0.25, 0.3) is 0 Å². The number of hydrogen-bond acceptors (Lipinski definition) is 3. The highest BCUT2D eigenvalue weighted by molar-refractivity contribution is 6.30. The van der Waals surface area contributed by atoms with E-state index in [0.717, 1.165) is 37.5 Å². The summed E-state index contributed by atoms with van der Waals surface area (Å²) >= 11 is 6.05. The molecule has 1 aliphatic heterocycles. The minimum Gasteiger partial charge on any atom is -0.352 e. The summed E-state index contributed by atoms with van der Waals surface area (Å²) in [6, 6.07) is 7.24. The summed E-state index contributed by atoms with van der Waals surface area (Å²) in [6.07, 6.45) is 2.13. The molecule has 0 saturated carbocycles. The van der Waals surface area contributed by atoms with Gasteiger partial charge >= 0.3 is 6.03 Å². The van der Waals surface area contributed by atoms with E-state index >= 15 is 0 Å². The fourth-order valence-corrected chi connectivity index (χ4v) is 3.45. The van der Waals surface area contributed by atoms with Crippen molar-refractivity contribution in [2.45, 2.75) is 32.4 Å². The Morgan fingerprint density at radius 1 is 1.36 bits per heavy atom. The first-order valence-corrected chi connectivity index (χ1v) is 8.65. The average molecular weight is 389 g/mol. The number of hydrogen-bond donors (Lipinski definition) is 3. The molecule has 1 fully saturated rings. The van der Waals surface area contributed by atoms with Crippen LogP contribution in [0.15, 0.2) is 24.3 Å². The second kappa shape index (κ2) is 10.5. The van der Waals surface area contributed by atoms with Gasteiger partial charge in [-0.3, -0.25) is 9.69 Å². The average Bonchev–Trinajstić information content (AvgIpc) is 2.87. The van der Waals surface area contributed by atoms with Crippen LogP contribution in [0, 0.1) is 5.92 Å². The van der Waals surface area contributed by atoms with Crippen molar-refractivity contribution < 1.29 is 9.59 Å². The van der Waals surface area contributed by atoms with Gasteiger partial charge in [-0.05, 0) is 30.0 Å². The maximum Gasteiger partial charge on any atom is 0.312 e. The van der Waals surface area contributed by atoms with Gasteiger partial charge < -0.3 is 16.4 Å². The number of benzene rings is 1. The van der Waals surface area contributed by atoms with Crippen molar-refractivity contribution in [3.63, 3.8) is 0 Å². The van der Waals surface area contributed by atoms with Gasteiger partial charge in [0.05, 0.1) is 6.54 Å². The zero-order valence-corrected chi connectivity index (χ0v) is 15.9. The monoisotopic (exact) mass is 388 g/mol. The van der Waals surface area contributed by atoms with E-state index in [2.05, 4.69) is 28.5 Å². The van der Waals surface area contributed by atoms with Gasteiger partial charge in [0.1, 0.15) is 0 Å². The van der Waals surface area contributed by atoms with Crippen molar-refractivity contribution in [1.29, 1.82) is 0 Å². The van der Waals surface area contributed by atoms with E-state index in [9.17, 15) is 9.59 Å². The van der Waals surface area contributed by atoms with Crippen LogP contribution < -0.4 is 16.4 Å². The van der Waals surface area contributed by atoms with Crippen LogP contribution in [0.25, 0.3) is 0 Å². The fraction of sp³-hybridized carbons (Fsp3) is 0.529. The zero-order valence-electron chi connectivity index (χ0n) is 14.3. The Morgan fingerprint density at radius 2 is 2.12 bits per heavy atom. The van der Waals surface area contributed by atoms with E-state index in [4.69, 9.17) is 17.3 Å². The lowest BCUT2D eigenvalue weighted by atomic mass is 9.98. The largest absolute Gasteiger partial charge is 0.352 e. The molecule has 8 heteroatoms. The lowest BCUT2D eigenvalue weighted by molar-refractivity contribution is -0.120. The molecule has 0 radical (unpaired) electrons. The van der Waals surface area contributed by atoms with Crippen LogP contribution in [0.5, 0.6) is 0 Å². The van der Waals surface area contributed by atoms with Crippen molar-refractivity contribution in [3.05, 3.63) is 34.9 Å². The Kier molecular flexibility index (Phi) is 9.03. The molecule has 1 heterocycles. The minimum atomic E-state index is -0.690. The number of primary amides is 1. The molecule has 3 amide bonds. The molecule has 0 bridgehead atoms. The van der Waals surface area contributed by atoms with Crippen LogP contribution >= 0.6 is 24.0 Å². The number of amides is 3. The minimum absolute atomic E-state index is 0. The van der Waals surface area contributed by atoms with Crippen molar-refractivity contribution >= 4 is 35.9 Å². The van der Waals surface area contributed by atoms with Gasteiger partial charge in [-0.25, -0.2) is 4.79 Å². The van der Waals surface area contributed by atoms with E-state index in [1.807, 2.05) is 18.2 Å². The number of halogens is 2. The highest BCUT2D eigenvalue weighted by atomic mass is 35.5. The Bertz CT molecular complexity index is 586. The van der Waals surface area contributed by atoms with Gasteiger partial charge in [0.15, 0.2) is 0 Å². The molecular weight excluding hydrogens is 363 g/mol.